The minimum Gasteiger partial charge on any atom is -0.495 e. The molecule has 0 spiro atoms. The van der Waals surface area contributed by atoms with E-state index in [1.807, 2.05) is 42.5 Å². The van der Waals surface area contributed by atoms with Gasteiger partial charge in [-0.3, -0.25) is 0 Å². The molecule has 3 aromatic carbocycles. The van der Waals surface area contributed by atoms with Gasteiger partial charge in [-0.1, -0.05) is 36.4 Å². The first-order valence-corrected chi connectivity index (χ1v) is 9.77. The fraction of sp³-hybridized carbons (Fsp3) is 0.348. The molecule has 6 nitrogen and oxygen atoms in total. The van der Waals surface area contributed by atoms with Crippen LogP contribution in [0, 0.1) is 0 Å². The van der Waals surface area contributed by atoms with Crippen LogP contribution < -0.4 is 9.47 Å². The summed E-state index contributed by atoms with van der Waals surface area (Å²) in [7, 11) is 3.32. The lowest BCUT2D eigenvalue weighted by Crippen LogP contribution is -2.40. The number of ether oxygens (including phenoxy) is 3. The van der Waals surface area contributed by atoms with Crippen molar-refractivity contribution in [3.63, 3.8) is 0 Å². The Morgan fingerprint density at radius 2 is 1.55 bits per heavy atom. The van der Waals surface area contributed by atoms with E-state index in [0.717, 1.165) is 38.6 Å². The maximum atomic E-state index is 12.3. The molecule has 1 saturated heterocycles. The summed E-state index contributed by atoms with van der Waals surface area (Å²) in [5, 5.41) is 13.4. The third kappa shape index (κ3) is 3.68. The molecule has 1 fully saturated rings. The van der Waals surface area contributed by atoms with Crippen molar-refractivity contribution in [3.05, 3.63) is 48.0 Å². The second-order valence-electron chi connectivity index (χ2n) is 7.26. The first-order valence-electron chi connectivity index (χ1n) is 9.77. The van der Waals surface area contributed by atoms with Gasteiger partial charge in [-0.15, -0.1) is 0 Å². The molecule has 1 amide bonds. The zero-order valence-corrected chi connectivity index (χ0v) is 16.7. The van der Waals surface area contributed by atoms with Crippen molar-refractivity contribution in [2.75, 3.05) is 27.3 Å². The number of carbonyl (C=O) groups excluding carboxylic acids is 1. The van der Waals surface area contributed by atoms with Crippen molar-refractivity contribution in [1.82, 2.24) is 4.90 Å². The van der Waals surface area contributed by atoms with Crippen LogP contribution in [0.4, 0.5) is 4.79 Å². The highest BCUT2D eigenvalue weighted by molar-refractivity contribution is 6.11. The van der Waals surface area contributed by atoms with Gasteiger partial charge in [0.25, 0.3) is 0 Å². The van der Waals surface area contributed by atoms with Crippen molar-refractivity contribution in [2.24, 2.45) is 0 Å². The summed E-state index contributed by atoms with van der Waals surface area (Å²) in [6.07, 6.45) is 0.515. The zero-order valence-electron chi connectivity index (χ0n) is 16.7. The Morgan fingerprint density at radius 3 is 2.17 bits per heavy atom. The predicted octanol–water partition coefficient (Wildman–Crippen LogP) is 4.10. The van der Waals surface area contributed by atoms with Gasteiger partial charge < -0.3 is 24.2 Å². The molecule has 0 aliphatic carbocycles. The van der Waals surface area contributed by atoms with Crippen LogP contribution in [0.2, 0.25) is 0 Å². The molecule has 0 bridgehead atoms. The van der Waals surface area contributed by atoms with Gasteiger partial charge in [-0.25, -0.2) is 4.79 Å². The molecule has 4 rings (SSSR count). The second-order valence-corrected chi connectivity index (χ2v) is 7.26. The first kappa shape index (κ1) is 19.3. The molecule has 0 unspecified atom stereocenters. The Morgan fingerprint density at radius 1 is 0.966 bits per heavy atom. The van der Waals surface area contributed by atoms with E-state index in [2.05, 4.69) is 0 Å². The lowest BCUT2D eigenvalue weighted by atomic mass is 9.99. The van der Waals surface area contributed by atoms with Gasteiger partial charge in [0.05, 0.1) is 20.3 Å². The second kappa shape index (κ2) is 8.17. The quantitative estimate of drug-likeness (QED) is 0.674. The summed E-state index contributed by atoms with van der Waals surface area (Å²) >= 11 is 0. The van der Waals surface area contributed by atoms with Gasteiger partial charge in [-0.05, 0) is 24.5 Å². The van der Waals surface area contributed by atoms with Crippen LogP contribution in [0.5, 0.6) is 11.5 Å². The summed E-state index contributed by atoms with van der Waals surface area (Å²) in [5.74, 6) is 1.57. The van der Waals surface area contributed by atoms with Gasteiger partial charge in [0.2, 0.25) is 0 Å². The molecule has 0 radical (unpaired) electrons. The molecule has 1 N–H and O–H groups in total. The van der Waals surface area contributed by atoms with Crippen molar-refractivity contribution < 1.29 is 24.1 Å². The van der Waals surface area contributed by atoms with Crippen molar-refractivity contribution in [2.45, 2.75) is 25.6 Å². The van der Waals surface area contributed by atoms with Crippen LogP contribution in [-0.4, -0.2) is 49.5 Å². The third-order valence-corrected chi connectivity index (χ3v) is 5.48. The number of benzene rings is 3. The molecule has 1 heterocycles. The maximum absolute atomic E-state index is 12.3. The Hall–Kier alpha value is -2.99. The van der Waals surface area contributed by atoms with Gasteiger partial charge in [0, 0.05) is 34.6 Å². The molecular formula is C23H25NO5. The Bertz CT molecular complexity index is 1040. The SMILES string of the molecule is COc1c2ccccc2c(OC)c2cc(COC(=O)N3CCC(O)CC3)ccc12. The number of hydrogen-bond acceptors (Lipinski definition) is 5. The molecule has 1 aliphatic heterocycles. The number of nitrogens with zero attached hydrogens (tertiary/aromatic N) is 1. The minimum absolute atomic E-state index is 0.173. The van der Waals surface area contributed by atoms with E-state index >= 15 is 0 Å². The first-order chi connectivity index (χ1) is 14.1. The standard InChI is InChI=1S/C23H25NO5/c1-27-21-17-5-3-4-6-18(17)22(28-2)20-13-15(7-8-19(20)21)14-29-23(26)24-11-9-16(25)10-12-24/h3-8,13,16,25H,9-12,14H2,1-2H3. The van der Waals surface area contributed by atoms with E-state index in [0.29, 0.717) is 25.9 Å². The maximum Gasteiger partial charge on any atom is 0.410 e. The summed E-state index contributed by atoms with van der Waals surface area (Å²) in [5.41, 5.74) is 0.874. The summed E-state index contributed by atoms with van der Waals surface area (Å²) in [6, 6.07) is 13.9. The van der Waals surface area contributed by atoms with Crippen molar-refractivity contribution >= 4 is 27.6 Å². The Labute approximate surface area is 169 Å². The average molecular weight is 395 g/mol. The number of aliphatic hydroxyl groups is 1. The molecule has 0 saturated carbocycles. The number of fused-ring (bicyclic) bond motifs is 2. The summed E-state index contributed by atoms with van der Waals surface area (Å²) < 4.78 is 16.9. The number of rotatable bonds is 4. The van der Waals surface area contributed by atoms with E-state index in [1.54, 1.807) is 19.1 Å². The van der Waals surface area contributed by atoms with Crippen LogP contribution >= 0.6 is 0 Å². The van der Waals surface area contributed by atoms with Crippen LogP contribution in [0.15, 0.2) is 42.5 Å². The van der Waals surface area contributed by atoms with E-state index < -0.39 is 0 Å². The molecule has 1 aliphatic rings. The Balaban J connectivity index is 1.63. The van der Waals surface area contributed by atoms with E-state index in [1.165, 1.54) is 0 Å². The van der Waals surface area contributed by atoms with E-state index in [9.17, 15) is 9.90 Å². The topological polar surface area (TPSA) is 68.2 Å². The number of aliphatic hydroxyl groups excluding tert-OH is 1. The largest absolute Gasteiger partial charge is 0.495 e. The lowest BCUT2D eigenvalue weighted by Gasteiger charge is -2.28. The normalized spacial score (nSPS) is 14.9. The highest BCUT2D eigenvalue weighted by Gasteiger charge is 2.22. The monoisotopic (exact) mass is 395 g/mol. The lowest BCUT2D eigenvalue weighted by molar-refractivity contribution is 0.0560. The van der Waals surface area contributed by atoms with Gasteiger partial charge in [0.15, 0.2) is 0 Å². The molecule has 0 aromatic heterocycles. The highest BCUT2D eigenvalue weighted by Crippen LogP contribution is 2.42. The zero-order chi connectivity index (χ0) is 20.4. The number of amides is 1. The number of piperidine rings is 1. The number of methoxy groups -OCH3 is 2. The van der Waals surface area contributed by atoms with Crippen LogP contribution in [0.1, 0.15) is 18.4 Å². The fourth-order valence-corrected chi connectivity index (χ4v) is 3.96. The minimum atomic E-state index is -0.347. The van der Waals surface area contributed by atoms with Gasteiger partial charge >= 0.3 is 6.09 Å². The molecule has 152 valence electrons. The molecule has 3 aromatic rings. The molecule has 0 atom stereocenters. The highest BCUT2D eigenvalue weighted by atomic mass is 16.6. The number of carbonyl (C=O) groups is 1. The smallest absolute Gasteiger partial charge is 0.410 e. The number of hydrogen-bond donors (Lipinski definition) is 1. The summed E-state index contributed by atoms with van der Waals surface area (Å²) in [6.45, 7) is 1.22. The van der Waals surface area contributed by atoms with Crippen LogP contribution in [0.25, 0.3) is 21.5 Å². The average Bonchev–Trinajstić information content (AvgIpc) is 2.76. The Kier molecular flexibility index (Phi) is 5.45. The fourth-order valence-electron chi connectivity index (χ4n) is 3.96. The van der Waals surface area contributed by atoms with E-state index in [4.69, 9.17) is 14.2 Å². The van der Waals surface area contributed by atoms with E-state index in [-0.39, 0.29) is 18.8 Å². The van der Waals surface area contributed by atoms with Crippen LogP contribution in [-0.2, 0) is 11.3 Å². The molecular weight excluding hydrogens is 370 g/mol. The molecule has 29 heavy (non-hydrogen) atoms. The number of likely N-dealkylation sites (tertiary alicyclic amines) is 1. The van der Waals surface area contributed by atoms with Crippen LogP contribution in [0.3, 0.4) is 0 Å². The van der Waals surface area contributed by atoms with Crippen molar-refractivity contribution in [1.29, 1.82) is 0 Å². The molecule has 6 heteroatoms. The third-order valence-electron chi connectivity index (χ3n) is 5.48. The predicted molar refractivity (Wildman–Crippen MR) is 112 cm³/mol. The van der Waals surface area contributed by atoms with Gasteiger partial charge in [0.1, 0.15) is 18.1 Å². The van der Waals surface area contributed by atoms with Gasteiger partial charge in [-0.2, -0.15) is 0 Å². The summed E-state index contributed by atoms with van der Waals surface area (Å²) in [4.78, 5) is 14.0. The van der Waals surface area contributed by atoms with Crippen molar-refractivity contribution in [3.8, 4) is 11.5 Å².